The van der Waals surface area contributed by atoms with Gasteiger partial charge in [-0.1, -0.05) is 17.7 Å². The highest BCUT2D eigenvalue weighted by Crippen LogP contribution is 2.18. The Morgan fingerprint density at radius 3 is 2.59 bits per heavy atom. The molecule has 1 aromatic carbocycles. The van der Waals surface area contributed by atoms with Crippen LogP contribution in [-0.4, -0.2) is 27.8 Å². The van der Waals surface area contributed by atoms with E-state index in [0.717, 1.165) is 17.6 Å². The Labute approximate surface area is 103 Å². The minimum absolute atomic E-state index is 0.406. The molecule has 0 bridgehead atoms. The van der Waals surface area contributed by atoms with Gasteiger partial charge in [-0.15, -0.1) is 0 Å². The number of benzene rings is 1. The van der Waals surface area contributed by atoms with Crippen LogP contribution in [0.4, 0.5) is 0 Å². The summed E-state index contributed by atoms with van der Waals surface area (Å²) in [5, 5.41) is 0. The van der Waals surface area contributed by atoms with Gasteiger partial charge in [0.25, 0.3) is 0 Å². The van der Waals surface area contributed by atoms with Gasteiger partial charge in [0, 0.05) is 6.54 Å². The fraction of sp³-hybridized carbons (Fsp3) is 0.500. The fourth-order valence-corrected chi connectivity index (χ4v) is 1.99. The highest BCUT2D eigenvalue weighted by molar-refractivity contribution is 7.88. The third-order valence-electron chi connectivity index (χ3n) is 2.27. The van der Waals surface area contributed by atoms with Crippen LogP contribution in [0.3, 0.4) is 0 Å². The van der Waals surface area contributed by atoms with E-state index in [2.05, 4.69) is 10.8 Å². The third kappa shape index (κ3) is 5.70. The number of rotatable bonds is 6. The first-order valence-electron chi connectivity index (χ1n) is 5.53. The molecule has 0 radical (unpaired) electrons. The van der Waals surface area contributed by atoms with Crippen LogP contribution in [0.5, 0.6) is 5.75 Å². The van der Waals surface area contributed by atoms with Crippen LogP contribution in [0.25, 0.3) is 0 Å². The largest absolute Gasteiger partial charge is 0.493 e. The fourth-order valence-electron chi connectivity index (χ4n) is 1.47. The van der Waals surface area contributed by atoms with Crippen molar-refractivity contribution >= 4 is 10.0 Å². The summed E-state index contributed by atoms with van der Waals surface area (Å²) >= 11 is 0. The first kappa shape index (κ1) is 14.0. The molecule has 96 valence electrons. The zero-order valence-corrected chi connectivity index (χ0v) is 11.3. The Morgan fingerprint density at radius 1 is 1.29 bits per heavy atom. The van der Waals surface area contributed by atoms with Crippen molar-refractivity contribution in [1.82, 2.24) is 4.72 Å². The van der Waals surface area contributed by atoms with E-state index in [9.17, 15) is 8.42 Å². The minimum atomic E-state index is -3.09. The molecule has 0 spiro atoms. The van der Waals surface area contributed by atoms with Gasteiger partial charge >= 0.3 is 0 Å². The molecule has 0 fully saturated rings. The molecular weight excluding hydrogens is 238 g/mol. The number of ether oxygens (including phenoxy) is 1. The summed E-state index contributed by atoms with van der Waals surface area (Å²) in [7, 11) is -3.09. The molecule has 0 aliphatic carbocycles. The maximum absolute atomic E-state index is 10.8. The second-order valence-electron chi connectivity index (χ2n) is 4.14. The van der Waals surface area contributed by atoms with Gasteiger partial charge in [-0.25, -0.2) is 13.1 Å². The number of hydrogen-bond acceptors (Lipinski definition) is 3. The van der Waals surface area contributed by atoms with E-state index in [1.165, 1.54) is 5.56 Å². The van der Waals surface area contributed by atoms with Crippen molar-refractivity contribution in [3.8, 4) is 5.75 Å². The Balaban J connectivity index is 2.32. The quantitative estimate of drug-likeness (QED) is 0.788. The molecule has 0 aromatic heterocycles. The molecule has 0 saturated carbocycles. The van der Waals surface area contributed by atoms with Gasteiger partial charge in [0.2, 0.25) is 10.0 Å². The van der Waals surface area contributed by atoms with E-state index in [0.29, 0.717) is 19.6 Å². The van der Waals surface area contributed by atoms with E-state index in [4.69, 9.17) is 4.74 Å². The van der Waals surface area contributed by atoms with Crippen LogP contribution in [0.2, 0.25) is 0 Å². The van der Waals surface area contributed by atoms with Crippen molar-refractivity contribution in [2.75, 3.05) is 19.4 Å². The van der Waals surface area contributed by atoms with Crippen molar-refractivity contribution in [3.63, 3.8) is 0 Å². The predicted octanol–water partition coefficient (Wildman–Crippen LogP) is 1.62. The van der Waals surface area contributed by atoms with Gasteiger partial charge in [0.05, 0.1) is 12.9 Å². The summed E-state index contributed by atoms with van der Waals surface area (Å²) < 4.78 is 29.6. The molecule has 4 nitrogen and oxygen atoms in total. The molecular formula is C12H19NO3S. The van der Waals surface area contributed by atoms with Gasteiger partial charge < -0.3 is 4.74 Å². The molecule has 1 N–H and O–H groups in total. The zero-order chi connectivity index (χ0) is 12.9. The zero-order valence-electron chi connectivity index (χ0n) is 10.5. The predicted molar refractivity (Wildman–Crippen MR) is 68.9 cm³/mol. The van der Waals surface area contributed by atoms with Gasteiger partial charge in [-0.3, -0.25) is 0 Å². The van der Waals surface area contributed by atoms with Gasteiger partial charge in [-0.2, -0.15) is 0 Å². The lowest BCUT2D eigenvalue weighted by Gasteiger charge is -2.09. The molecule has 0 unspecified atom stereocenters. The summed E-state index contributed by atoms with van der Waals surface area (Å²) in [6.07, 6.45) is 1.80. The lowest BCUT2D eigenvalue weighted by Crippen LogP contribution is -2.24. The molecule has 17 heavy (non-hydrogen) atoms. The van der Waals surface area contributed by atoms with Crippen molar-refractivity contribution in [1.29, 1.82) is 0 Å². The highest BCUT2D eigenvalue weighted by atomic mass is 32.2. The van der Waals surface area contributed by atoms with Gasteiger partial charge in [-0.05, 0) is 31.9 Å². The molecule has 0 heterocycles. The molecule has 0 amide bonds. The highest BCUT2D eigenvalue weighted by Gasteiger charge is 2.01. The smallest absolute Gasteiger partial charge is 0.208 e. The topological polar surface area (TPSA) is 55.4 Å². The third-order valence-corrected chi connectivity index (χ3v) is 3.00. The average Bonchev–Trinajstić information content (AvgIpc) is 2.18. The molecule has 1 aromatic rings. The SMILES string of the molecule is Cc1ccc(OCCCNS(C)(=O)=O)c(C)c1. The van der Waals surface area contributed by atoms with Crippen molar-refractivity contribution in [2.45, 2.75) is 20.3 Å². The average molecular weight is 257 g/mol. The number of nitrogens with one attached hydrogen (secondary N) is 1. The molecule has 0 aliphatic heterocycles. The normalized spacial score (nSPS) is 11.5. The Hall–Kier alpha value is -1.07. The van der Waals surface area contributed by atoms with Crippen LogP contribution >= 0.6 is 0 Å². The van der Waals surface area contributed by atoms with E-state index in [-0.39, 0.29) is 0 Å². The van der Waals surface area contributed by atoms with E-state index in [1.807, 2.05) is 26.0 Å². The molecule has 0 atom stereocenters. The first-order valence-corrected chi connectivity index (χ1v) is 7.42. The Bertz CT molecular complexity index is 469. The van der Waals surface area contributed by atoms with Gasteiger partial charge in [0.1, 0.15) is 5.75 Å². The lowest BCUT2D eigenvalue weighted by molar-refractivity contribution is 0.309. The number of aryl methyl sites for hydroxylation is 2. The van der Waals surface area contributed by atoms with Crippen LogP contribution < -0.4 is 9.46 Å². The van der Waals surface area contributed by atoms with Crippen molar-refractivity contribution in [3.05, 3.63) is 29.3 Å². The number of sulfonamides is 1. The molecule has 0 aliphatic rings. The van der Waals surface area contributed by atoms with Gasteiger partial charge in [0.15, 0.2) is 0 Å². The maximum atomic E-state index is 10.8. The van der Waals surface area contributed by atoms with Crippen LogP contribution in [0.15, 0.2) is 18.2 Å². The van der Waals surface area contributed by atoms with Crippen LogP contribution in [0, 0.1) is 13.8 Å². The second-order valence-corrected chi connectivity index (χ2v) is 5.97. The number of hydrogen-bond donors (Lipinski definition) is 1. The molecule has 0 saturated heterocycles. The van der Waals surface area contributed by atoms with E-state index >= 15 is 0 Å². The van der Waals surface area contributed by atoms with Crippen LogP contribution in [-0.2, 0) is 10.0 Å². The first-order chi connectivity index (χ1) is 7.88. The summed E-state index contributed by atoms with van der Waals surface area (Å²) in [5.74, 6) is 0.856. The van der Waals surface area contributed by atoms with E-state index < -0.39 is 10.0 Å². The molecule has 5 heteroatoms. The Kier molecular flexibility index (Phi) is 4.96. The summed E-state index contributed by atoms with van der Waals surface area (Å²) in [6, 6.07) is 6.00. The van der Waals surface area contributed by atoms with E-state index in [1.54, 1.807) is 0 Å². The summed E-state index contributed by atoms with van der Waals surface area (Å²) in [4.78, 5) is 0. The van der Waals surface area contributed by atoms with Crippen molar-refractivity contribution < 1.29 is 13.2 Å². The lowest BCUT2D eigenvalue weighted by atomic mass is 10.1. The minimum Gasteiger partial charge on any atom is -0.493 e. The summed E-state index contributed by atoms with van der Waals surface area (Å²) in [6.45, 7) is 4.94. The Morgan fingerprint density at radius 2 is 2.00 bits per heavy atom. The van der Waals surface area contributed by atoms with Crippen LogP contribution in [0.1, 0.15) is 17.5 Å². The second kappa shape index (κ2) is 6.02. The monoisotopic (exact) mass is 257 g/mol. The van der Waals surface area contributed by atoms with Crippen molar-refractivity contribution in [2.24, 2.45) is 0 Å². The molecule has 1 rings (SSSR count). The maximum Gasteiger partial charge on any atom is 0.208 e. The summed E-state index contributed by atoms with van der Waals surface area (Å²) in [5.41, 5.74) is 2.30. The standard InChI is InChI=1S/C12H19NO3S/c1-10-5-6-12(11(2)9-10)16-8-4-7-13-17(3,14)15/h5-6,9,13H,4,7-8H2,1-3H3.